The van der Waals surface area contributed by atoms with Gasteiger partial charge in [-0.2, -0.15) is 0 Å². The molecule has 118 valence electrons. The summed E-state index contributed by atoms with van der Waals surface area (Å²) in [6.45, 7) is 4.14. The summed E-state index contributed by atoms with van der Waals surface area (Å²) in [6.07, 6.45) is 3.66. The summed E-state index contributed by atoms with van der Waals surface area (Å²) in [5.74, 6) is -0.534. The molecule has 0 saturated heterocycles. The van der Waals surface area contributed by atoms with Gasteiger partial charge in [-0.15, -0.1) is 11.3 Å². The van der Waals surface area contributed by atoms with Crippen molar-refractivity contribution in [3.8, 4) is 0 Å². The van der Waals surface area contributed by atoms with E-state index in [9.17, 15) is 9.59 Å². The number of carbonyl (C=O) groups is 1. The normalized spacial score (nSPS) is 16.9. The molecule has 0 N–H and O–H groups in total. The van der Waals surface area contributed by atoms with Crippen molar-refractivity contribution in [3.63, 3.8) is 0 Å². The van der Waals surface area contributed by atoms with Crippen molar-refractivity contribution in [1.29, 1.82) is 0 Å². The number of carbonyl (C=O) groups excluding carboxylic acids is 1. The van der Waals surface area contributed by atoms with E-state index in [0.717, 1.165) is 23.7 Å². The SMILES string of the molecule is CCOC(=O)c1cn2c3c(c4sccc4cc3c1=O)CCC2C. The van der Waals surface area contributed by atoms with Gasteiger partial charge in [0.05, 0.1) is 12.1 Å². The fraction of sp³-hybridized carbons (Fsp3) is 0.333. The number of rotatable bonds is 2. The van der Waals surface area contributed by atoms with E-state index in [-0.39, 0.29) is 23.6 Å². The Balaban J connectivity index is 2.15. The van der Waals surface area contributed by atoms with Crippen LogP contribution in [0, 0.1) is 0 Å². The second kappa shape index (κ2) is 5.20. The second-order valence-corrected chi connectivity index (χ2v) is 6.89. The Kier molecular flexibility index (Phi) is 3.27. The Hall–Kier alpha value is -2.14. The Labute approximate surface area is 137 Å². The van der Waals surface area contributed by atoms with Crippen molar-refractivity contribution in [2.24, 2.45) is 0 Å². The van der Waals surface area contributed by atoms with Gasteiger partial charge in [-0.3, -0.25) is 4.79 Å². The number of fused-ring (bicyclic) bond motifs is 2. The number of aromatic nitrogens is 1. The highest BCUT2D eigenvalue weighted by Gasteiger charge is 2.25. The van der Waals surface area contributed by atoms with Gasteiger partial charge in [-0.25, -0.2) is 4.79 Å². The van der Waals surface area contributed by atoms with Crippen LogP contribution in [0.4, 0.5) is 0 Å². The van der Waals surface area contributed by atoms with Crippen LogP contribution in [-0.2, 0) is 11.2 Å². The number of ether oxygens (including phenoxy) is 1. The van der Waals surface area contributed by atoms with Crippen molar-refractivity contribution in [1.82, 2.24) is 4.57 Å². The minimum absolute atomic E-state index is 0.133. The predicted molar refractivity (Wildman–Crippen MR) is 92.6 cm³/mol. The summed E-state index contributed by atoms with van der Waals surface area (Å²) in [6, 6.07) is 4.22. The quantitative estimate of drug-likeness (QED) is 0.671. The van der Waals surface area contributed by atoms with Crippen LogP contribution in [0.5, 0.6) is 0 Å². The summed E-state index contributed by atoms with van der Waals surface area (Å²) in [4.78, 5) is 25.0. The third-order valence-electron chi connectivity index (χ3n) is 4.61. The molecule has 1 aliphatic heterocycles. The van der Waals surface area contributed by atoms with Gasteiger partial charge in [-0.05, 0) is 55.2 Å². The molecular weight excluding hydrogens is 310 g/mol. The topological polar surface area (TPSA) is 48.3 Å². The minimum Gasteiger partial charge on any atom is -0.462 e. The molecule has 0 amide bonds. The Bertz CT molecular complexity index is 999. The fourth-order valence-electron chi connectivity index (χ4n) is 3.47. The smallest absolute Gasteiger partial charge is 0.343 e. The van der Waals surface area contributed by atoms with E-state index in [0.29, 0.717) is 5.39 Å². The summed E-state index contributed by atoms with van der Waals surface area (Å²) in [5.41, 5.74) is 2.13. The number of nitrogens with zero attached hydrogens (tertiary/aromatic N) is 1. The minimum atomic E-state index is -0.534. The van der Waals surface area contributed by atoms with Gasteiger partial charge in [0, 0.05) is 22.3 Å². The molecule has 0 radical (unpaired) electrons. The van der Waals surface area contributed by atoms with Crippen LogP contribution in [0.2, 0.25) is 0 Å². The van der Waals surface area contributed by atoms with Crippen molar-refractivity contribution >= 4 is 38.3 Å². The molecule has 1 aliphatic rings. The van der Waals surface area contributed by atoms with Crippen molar-refractivity contribution < 1.29 is 9.53 Å². The summed E-state index contributed by atoms with van der Waals surface area (Å²) in [7, 11) is 0. The standard InChI is InChI=1S/C18H17NO3S/c1-3-22-18(21)14-9-19-10(2)4-5-12-15(19)13(16(14)20)8-11-6-7-23-17(11)12/h6-10H,3-5H2,1-2H3. The predicted octanol–water partition coefficient (Wildman–Crippen LogP) is 3.90. The first-order valence-electron chi connectivity index (χ1n) is 7.87. The van der Waals surface area contributed by atoms with Crippen LogP contribution in [0.1, 0.15) is 42.2 Å². The summed E-state index contributed by atoms with van der Waals surface area (Å²) in [5, 5.41) is 3.76. The van der Waals surface area contributed by atoms with E-state index >= 15 is 0 Å². The van der Waals surface area contributed by atoms with Gasteiger partial charge in [0.2, 0.25) is 5.43 Å². The maximum absolute atomic E-state index is 12.9. The average Bonchev–Trinajstić information content (AvgIpc) is 3.00. The number of hydrogen-bond acceptors (Lipinski definition) is 4. The van der Waals surface area contributed by atoms with Gasteiger partial charge < -0.3 is 9.30 Å². The number of aryl methyl sites for hydroxylation is 1. The number of pyridine rings is 1. The number of benzene rings is 1. The van der Waals surface area contributed by atoms with Crippen LogP contribution in [0.25, 0.3) is 21.0 Å². The first-order chi connectivity index (χ1) is 11.1. The van der Waals surface area contributed by atoms with Gasteiger partial charge in [0.15, 0.2) is 0 Å². The Morgan fingerprint density at radius 2 is 2.30 bits per heavy atom. The lowest BCUT2D eigenvalue weighted by molar-refractivity contribution is 0.0524. The molecule has 23 heavy (non-hydrogen) atoms. The second-order valence-electron chi connectivity index (χ2n) is 5.98. The lowest BCUT2D eigenvalue weighted by Crippen LogP contribution is -2.24. The number of hydrogen-bond donors (Lipinski definition) is 0. The maximum Gasteiger partial charge on any atom is 0.343 e. The van der Waals surface area contributed by atoms with Crippen molar-refractivity contribution in [2.75, 3.05) is 6.61 Å². The van der Waals surface area contributed by atoms with E-state index in [2.05, 4.69) is 16.9 Å². The van der Waals surface area contributed by atoms with Crippen molar-refractivity contribution in [2.45, 2.75) is 32.7 Å². The largest absolute Gasteiger partial charge is 0.462 e. The zero-order valence-electron chi connectivity index (χ0n) is 13.1. The van der Waals surface area contributed by atoms with Gasteiger partial charge >= 0.3 is 5.97 Å². The van der Waals surface area contributed by atoms with Gasteiger partial charge in [0.1, 0.15) is 5.56 Å². The van der Waals surface area contributed by atoms with E-state index in [1.165, 1.54) is 10.3 Å². The fourth-order valence-corrected chi connectivity index (χ4v) is 4.43. The highest BCUT2D eigenvalue weighted by molar-refractivity contribution is 7.17. The first-order valence-corrected chi connectivity index (χ1v) is 8.74. The number of thiophene rings is 1. The molecule has 3 aromatic rings. The molecule has 1 aromatic carbocycles. The van der Waals surface area contributed by atoms with Crippen LogP contribution in [0.3, 0.4) is 0 Å². The first kappa shape index (κ1) is 14.5. The molecule has 2 aromatic heterocycles. The van der Waals surface area contributed by atoms with Crippen LogP contribution in [0.15, 0.2) is 28.5 Å². The molecule has 5 heteroatoms. The third kappa shape index (κ3) is 2.03. The molecule has 0 fully saturated rings. The lowest BCUT2D eigenvalue weighted by Gasteiger charge is -2.27. The molecule has 0 aliphatic carbocycles. The van der Waals surface area contributed by atoms with Gasteiger partial charge in [-0.1, -0.05) is 0 Å². The monoisotopic (exact) mass is 327 g/mol. The van der Waals surface area contributed by atoms with E-state index in [1.54, 1.807) is 24.5 Å². The third-order valence-corrected chi connectivity index (χ3v) is 5.60. The Morgan fingerprint density at radius 1 is 1.48 bits per heavy atom. The highest BCUT2D eigenvalue weighted by atomic mass is 32.1. The maximum atomic E-state index is 12.9. The zero-order valence-corrected chi connectivity index (χ0v) is 13.9. The molecule has 1 unspecified atom stereocenters. The van der Waals surface area contributed by atoms with E-state index in [1.807, 2.05) is 12.1 Å². The zero-order chi connectivity index (χ0) is 16.1. The summed E-state index contributed by atoms with van der Waals surface area (Å²) < 4.78 is 8.40. The highest BCUT2D eigenvalue weighted by Crippen LogP contribution is 2.37. The molecule has 4 nitrogen and oxygen atoms in total. The summed E-state index contributed by atoms with van der Waals surface area (Å²) >= 11 is 1.71. The van der Waals surface area contributed by atoms with Crippen molar-refractivity contribution in [3.05, 3.63) is 45.1 Å². The average molecular weight is 327 g/mol. The van der Waals surface area contributed by atoms with E-state index < -0.39 is 5.97 Å². The molecule has 0 bridgehead atoms. The molecule has 0 saturated carbocycles. The molecule has 3 heterocycles. The molecule has 1 atom stereocenters. The molecule has 4 rings (SSSR count). The van der Waals surface area contributed by atoms with Crippen LogP contribution >= 0.6 is 11.3 Å². The van der Waals surface area contributed by atoms with E-state index in [4.69, 9.17) is 4.74 Å². The molecule has 0 spiro atoms. The van der Waals surface area contributed by atoms with Crippen LogP contribution in [-0.4, -0.2) is 17.1 Å². The van der Waals surface area contributed by atoms with Crippen LogP contribution < -0.4 is 5.43 Å². The lowest BCUT2D eigenvalue weighted by atomic mass is 9.95. The molecular formula is C18H17NO3S. The number of esters is 1. The van der Waals surface area contributed by atoms with Gasteiger partial charge in [0.25, 0.3) is 0 Å². The Morgan fingerprint density at radius 3 is 3.09 bits per heavy atom.